The Bertz CT molecular complexity index is 1050. The molecule has 2 fully saturated rings. The molecule has 0 spiro atoms. The number of hydrogen-bond donors (Lipinski definition) is 1. The number of nitrogens with zero attached hydrogens (tertiary/aromatic N) is 1. The quantitative estimate of drug-likeness (QED) is 0.753. The third-order valence-corrected chi connectivity index (χ3v) is 8.77. The molecular formula is C21H21ClN2O2S. The molecule has 2 atom stereocenters. The average Bonchev–Trinajstić information content (AvgIpc) is 3.14. The van der Waals surface area contributed by atoms with Crippen LogP contribution in [0.5, 0.6) is 0 Å². The standard InChI is InChI=1S/C21H21ClN2O2S/c1-15-5-4-12-21-20(15,18-6-2-3-7-19(18)23-21)13-14-24(21)27(25,26)17-10-8-16(22)9-11-17/h2-3,6-11,23H,1,4-5,12-14H2. The van der Waals surface area contributed by atoms with E-state index in [1.807, 2.05) is 18.2 Å². The molecule has 3 aliphatic rings. The molecule has 2 aromatic carbocycles. The van der Waals surface area contributed by atoms with Crippen LogP contribution in [0.25, 0.3) is 0 Å². The van der Waals surface area contributed by atoms with Gasteiger partial charge in [-0.05, 0) is 61.6 Å². The van der Waals surface area contributed by atoms with Crippen LogP contribution in [0.4, 0.5) is 5.69 Å². The van der Waals surface area contributed by atoms with Crippen molar-refractivity contribution >= 4 is 27.3 Å². The number of anilines is 1. The normalized spacial score (nSPS) is 29.7. The van der Waals surface area contributed by atoms with Gasteiger partial charge in [-0.1, -0.05) is 42.0 Å². The van der Waals surface area contributed by atoms with Gasteiger partial charge in [-0.2, -0.15) is 4.31 Å². The monoisotopic (exact) mass is 400 g/mol. The Balaban J connectivity index is 1.70. The molecule has 2 aromatic rings. The minimum absolute atomic E-state index is 0.283. The van der Waals surface area contributed by atoms with Crippen molar-refractivity contribution in [3.05, 3.63) is 71.3 Å². The number of benzene rings is 2. The zero-order valence-electron chi connectivity index (χ0n) is 14.9. The fourth-order valence-corrected chi connectivity index (χ4v) is 7.38. The van der Waals surface area contributed by atoms with Gasteiger partial charge in [0.05, 0.1) is 10.3 Å². The largest absolute Gasteiger partial charge is 0.365 e. The Morgan fingerprint density at radius 3 is 2.59 bits per heavy atom. The van der Waals surface area contributed by atoms with Gasteiger partial charge in [0.15, 0.2) is 0 Å². The Hall–Kier alpha value is -1.82. The van der Waals surface area contributed by atoms with E-state index in [0.717, 1.165) is 36.9 Å². The average molecular weight is 401 g/mol. The first-order valence-electron chi connectivity index (χ1n) is 9.26. The molecule has 6 heteroatoms. The highest BCUT2D eigenvalue weighted by Crippen LogP contribution is 2.64. The fourth-order valence-electron chi connectivity index (χ4n) is 5.48. The summed E-state index contributed by atoms with van der Waals surface area (Å²) < 4.78 is 28.9. The molecular weight excluding hydrogens is 380 g/mol. The van der Waals surface area contributed by atoms with Gasteiger partial charge in [-0.25, -0.2) is 8.42 Å². The van der Waals surface area contributed by atoms with E-state index < -0.39 is 15.7 Å². The van der Waals surface area contributed by atoms with Gasteiger partial charge in [-0.15, -0.1) is 0 Å². The van der Waals surface area contributed by atoms with E-state index in [4.69, 9.17) is 11.6 Å². The summed E-state index contributed by atoms with van der Waals surface area (Å²) in [5, 5.41) is 4.16. The minimum Gasteiger partial charge on any atom is -0.365 e. The molecule has 5 rings (SSSR count). The van der Waals surface area contributed by atoms with Crippen LogP contribution in [0.1, 0.15) is 31.2 Å². The highest BCUT2D eigenvalue weighted by atomic mass is 35.5. The fraction of sp³-hybridized carbons (Fsp3) is 0.333. The summed E-state index contributed by atoms with van der Waals surface area (Å²) in [5.41, 5.74) is 2.31. The zero-order chi connectivity index (χ0) is 18.9. The number of rotatable bonds is 2. The SMILES string of the molecule is C=C1CCCC23Nc4ccccc4C12CCN3S(=O)(=O)c1ccc(Cl)cc1. The van der Waals surface area contributed by atoms with Crippen LogP contribution < -0.4 is 5.32 Å². The maximum Gasteiger partial charge on any atom is 0.245 e. The Morgan fingerprint density at radius 2 is 1.81 bits per heavy atom. The maximum absolute atomic E-state index is 13.6. The van der Waals surface area contributed by atoms with Crippen molar-refractivity contribution in [1.29, 1.82) is 0 Å². The topological polar surface area (TPSA) is 49.4 Å². The first kappa shape index (κ1) is 17.3. The van der Waals surface area contributed by atoms with Crippen molar-refractivity contribution in [2.45, 2.75) is 41.7 Å². The summed E-state index contributed by atoms with van der Waals surface area (Å²) in [5.74, 6) is 0. The first-order valence-corrected chi connectivity index (χ1v) is 11.1. The molecule has 1 N–H and O–H groups in total. The second-order valence-electron chi connectivity index (χ2n) is 7.67. The van der Waals surface area contributed by atoms with Gasteiger partial charge in [0.2, 0.25) is 10.0 Å². The van der Waals surface area contributed by atoms with E-state index in [2.05, 4.69) is 18.0 Å². The van der Waals surface area contributed by atoms with Gasteiger partial charge in [0, 0.05) is 17.3 Å². The van der Waals surface area contributed by atoms with Crippen molar-refractivity contribution in [3.63, 3.8) is 0 Å². The molecule has 1 saturated carbocycles. The predicted octanol–water partition coefficient (Wildman–Crippen LogP) is 4.53. The molecule has 2 unspecified atom stereocenters. The molecule has 2 aliphatic heterocycles. The van der Waals surface area contributed by atoms with Crippen molar-refractivity contribution in [2.75, 3.05) is 11.9 Å². The third kappa shape index (κ3) is 2.05. The maximum atomic E-state index is 13.6. The number of hydrogen-bond acceptors (Lipinski definition) is 3. The van der Waals surface area contributed by atoms with Gasteiger partial charge < -0.3 is 5.32 Å². The molecule has 0 bridgehead atoms. The predicted molar refractivity (Wildman–Crippen MR) is 107 cm³/mol. The molecule has 1 saturated heterocycles. The number of sulfonamides is 1. The Kier molecular flexibility index (Phi) is 3.58. The van der Waals surface area contributed by atoms with Crippen LogP contribution in [0.2, 0.25) is 5.02 Å². The lowest BCUT2D eigenvalue weighted by molar-refractivity contribution is 0.178. The van der Waals surface area contributed by atoms with E-state index in [9.17, 15) is 8.42 Å². The van der Waals surface area contributed by atoms with E-state index in [0.29, 0.717) is 11.6 Å². The van der Waals surface area contributed by atoms with E-state index in [1.165, 1.54) is 5.56 Å². The smallest absolute Gasteiger partial charge is 0.245 e. The van der Waals surface area contributed by atoms with Crippen molar-refractivity contribution in [1.82, 2.24) is 4.31 Å². The van der Waals surface area contributed by atoms with Gasteiger partial charge in [-0.3, -0.25) is 0 Å². The lowest BCUT2D eigenvalue weighted by Crippen LogP contribution is -2.61. The summed E-state index contributed by atoms with van der Waals surface area (Å²) in [6, 6.07) is 14.6. The van der Waals surface area contributed by atoms with Gasteiger partial charge in [0.25, 0.3) is 0 Å². The van der Waals surface area contributed by atoms with Crippen molar-refractivity contribution in [3.8, 4) is 0 Å². The molecule has 0 radical (unpaired) electrons. The summed E-state index contributed by atoms with van der Waals surface area (Å²) in [7, 11) is -3.66. The van der Waals surface area contributed by atoms with Crippen LogP contribution >= 0.6 is 11.6 Å². The Morgan fingerprint density at radius 1 is 1.07 bits per heavy atom. The summed E-state index contributed by atoms with van der Waals surface area (Å²) in [6.45, 7) is 4.88. The van der Waals surface area contributed by atoms with E-state index >= 15 is 0 Å². The van der Waals surface area contributed by atoms with Crippen molar-refractivity contribution < 1.29 is 8.42 Å². The molecule has 140 valence electrons. The molecule has 0 amide bonds. The van der Waals surface area contributed by atoms with Crippen LogP contribution in [0.3, 0.4) is 0 Å². The van der Waals surface area contributed by atoms with E-state index in [1.54, 1.807) is 28.6 Å². The number of halogens is 1. The Labute approximate surface area is 164 Å². The highest BCUT2D eigenvalue weighted by molar-refractivity contribution is 7.89. The summed E-state index contributed by atoms with van der Waals surface area (Å²) >= 11 is 5.97. The molecule has 4 nitrogen and oxygen atoms in total. The molecule has 1 aliphatic carbocycles. The van der Waals surface area contributed by atoms with Crippen molar-refractivity contribution in [2.24, 2.45) is 0 Å². The zero-order valence-corrected chi connectivity index (χ0v) is 16.5. The lowest BCUT2D eigenvalue weighted by atomic mass is 9.62. The van der Waals surface area contributed by atoms with Crippen LogP contribution in [0, 0.1) is 0 Å². The number of fused-ring (bicyclic) bond motifs is 1. The highest BCUT2D eigenvalue weighted by Gasteiger charge is 2.69. The second kappa shape index (κ2) is 5.60. The lowest BCUT2D eigenvalue weighted by Gasteiger charge is -2.49. The number of nitrogens with one attached hydrogen (secondary N) is 1. The summed E-state index contributed by atoms with van der Waals surface area (Å²) in [6.07, 6.45) is 3.39. The number of para-hydroxylation sites is 1. The molecule has 27 heavy (non-hydrogen) atoms. The van der Waals surface area contributed by atoms with Crippen LogP contribution in [-0.2, 0) is 15.4 Å². The third-order valence-electron chi connectivity index (χ3n) is 6.57. The van der Waals surface area contributed by atoms with Crippen LogP contribution in [0.15, 0.2) is 65.6 Å². The van der Waals surface area contributed by atoms with Gasteiger partial charge >= 0.3 is 0 Å². The second-order valence-corrected chi connectivity index (χ2v) is 9.97. The van der Waals surface area contributed by atoms with Gasteiger partial charge in [0.1, 0.15) is 5.66 Å². The molecule has 2 heterocycles. The minimum atomic E-state index is -3.66. The summed E-state index contributed by atoms with van der Waals surface area (Å²) in [4.78, 5) is 0.283. The van der Waals surface area contributed by atoms with Crippen LogP contribution in [-0.4, -0.2) is 24.9 Å². The first-order chi connectivity index (χ1) is 12.9. The molecule has 0 aromatic heterocycles. The van der Waals surface area contributed by atoms with E-state index in [-0.39, 0.29) is 10.3 Å².